The molecule has 5 aromatic rings. The van der Waals surface area contributed by atoms with Gasteiger partial charge < -0.3 is 5.73 Å². The normalized spacial score (nSPS) is 11.4. The maximum absolute atomic E-state index is 5.93. The molecule has 0 unspecified atom stereocenters. The molecule has 4 nitrogen and oxygen atoms in total. The van der Waals surface area contributed by atoms with Gasteiger partial charge in [-0.1, -0.05) is 66.2 Å². The second kappa shape index (κ2) is 6.59. The molecule has 136 valence electrons. The van der Waals surface area contributed by atoms with E-state index in [-0.39, 0.29) is 0 Å². The summed E-state index contributed by atoms with van der Waals surface area (Å²) in [5.74, 6) is 0. The zero-order chi connectivity index (χ0) is 19.1. The minimum absolute atomic E-state index is 0.522. The average molecular weight is 364 g/mol. The van der Waals surface area contributed by atoms with Gasteiger partial charge in [-0.15, -0.1) is 0 Å². The van der Waals surface area contributed by atoms with E-state index in [4.69, 9.17) is 10.7 Å². The summed E-state index contributed by atoms with van der Waals surface area (Å²) in [6.07, 6.45) is 5.85. The van der Waals surface area contributed by atoms with Crippen LogP contribution in [0.25, 0.3) is 38.7 Å². The minimum atomic E-state index is 0.522. The van der Waals surface area contributed by atoms with E-state index in [1.54, 1.807) is 0 Å². The van der Waals surface area contributed by atoms with E-state index in [0.717, 1.165) is 33.5 Å². The summed E-state index contributed by atoms with van der Waals surface area (Å²) in [6.45, 7) is 2.61. The fourth-order valence-corrected chi connectivity index (χ4v) is 3.73. The van der Waals surface area contributed by atoms with Crippen molar-refractivity contribution in [3.05, 3.63) is 90.4 Å². The quantitative estimate of drug-likeness (QED) is 0.491. The topological polar surface area (TPSA) is 56.2 Å². The maximum Gasteiger partial charge on any atom is 0.162 e. The number of benzene rings is 3. The number of fused-ring (bicyclic) bond motifs is 2. The van der Waals surface area contributed by atoms with Crippen LogP contribution in [0.15, 0.2) is 79.3 Å². The van der Waals surface area contributed by atoms with E-state index in [1.165, 1.54) is 16.3 Å². The third-order valence-electron chi connectivity index (χ3n) is 5.27. The molecule has 2 aromatic heterocycles. The molecule has 0 aliphatic heterocycles. The van der Waals surface area contributed by atoms with Gasteiger partial charge in [-0.05, 0) is 34.4 Å². The van der Waals surface area contributed by atoms with E-state index < -0.39 is 0 Å². The lowest BCUT2D eigenvalue weighted by Gasteiger charge is -2.09. The van der Waals surface area contributed by atoms with Gasteiger partial charge in [0.1, 0.15) is 0 Å². The molecule has 4 heteroatoms. The van der Waals surface area contributed by atoms with Crippen molar-refractivity contribution in [2.75, 3.05) is 0 Å². The van der Waals surface area contributed by atoms with Gasteiger partial charge in [0.25, 0.3) is 0 Å². The Morgan fingerprint density at radius 2 is 1.61 bits per heavy atom. The number of aromatic nitrogens is 3. The number of nitrogens with zero attached hydrogens (tertiary/aromatic N) is 3. The van der Waals surface area contributed by atoms with Gasteiger partial charge in [0.2, 0.25) is 0 Å². The summed E-state index contributed by atoms with van der Waals surface area (Å²) in [7, 11) is 0. The lowest BCUT2D eigenvalue weighted by molar-refractivity contribution is 0.941. The largest absolute Gasteiger partial charge is 0.326 e. The van der Waals surface area contributed by atoms with E-state index in [2.05, 4.69) is 66.6 Å². The fraction of sp³-hybridized carbons (Fsp3) is 0.0833. The van der Waals surface area contributed by atoms with Crippen LogP contribution < -0.4 is 5.73 Å². The molecule has 0 aliphatic rings. The molecular weight excluding hydrogens is 344 g/mol. The highest BCUT2D eigenvalue weighted by atomic mass is 15.2. The van der Waals surface area contributed by atoms with Crippen molar-refractivity contribution in [1.82, 2.24) is 14.6 Å². The standard InChI is InChI=1S/C24H20N4/c1-16-6-8-17(9-7-16)19-13-26-24-23(14-27-28(24)15-19)22-11-10-18(12-25)20-4-2-3-5-21(20)22/h2-11,13-15H,12,25H2,1H3. The van der Waals surface area contributed by atoms with Gasteiger partial charge in [-0.2, -0.15) is 5.10 Å². The summed E-state index contributed by atoms with van der Waals surface area (Å²) < 4.78 is 1.86. The molecule has 0 aliphatic carbocycles. The van der Waals surface area contributed by atoms with Crippen molar-refractivity contribution < 1.29 is 0 Å². The third-order valence-corrected chi connectivity index (χ3v) is 5.27. The molecule has 0 spiro atoms. The Hall–Kier alpha value is -3.50. The monoisotopic (exact) mass is 364 g/mol. The lowest BCUT2D eigenvalue weighted by atomic mass is 9.96. The number of aryl methyl sites for hydroxylation is 1. The summed E-state index contributed by atoms with van der Waals surface area (Å²) in [5, 5.41) is 6.93. The Kier molecular flexibility index (Phi) is 3.92. The summed E-state index contributed by atoms with van der Waals surface area (Å²) in [4.78, 5) is 4.74. The molecule has 2 N–H and O–H groups in total. The Morgan fingerprint density at radius 1 is 0.821 bits per heavy atom. The molecule has 3 aromatic carbocycles. The van der Waals surface area contributed by atoms with Gasteiger partial charge in [-0.3, -0.25) is 0 Å². The Balaban J connectivity index is 1.67. The van der Waals surface area contributed by atoms with Crippen LogP contribution in [0.4, 0.5) is 0 Å². The first-order chi connectivity index (χ1) is 13.7. The van der Waals surface area contributed by atoms with Gasteiger partial charge in [0.05, 0.1) is 6.20 Å². The Labute approximate surface area is 163 Å². The van der Waals surface area contributed by atoms with E-state index in [1.807, 2.05) is 29.2 Å². The van der Waals surface area contributed by atoms with Crippen LogP contribution in [0.2, 0.25) is 0 Å². The van der Waals surface area contributed by atoms with Gasteiger partial charge in [0.15, 0.2) is 5.65 Å². The average Bonchev–Trinajstić information content (AvgIpc) is 3.16. The molecule has 0 bridgehead atoms. The van der Waals surface area contributed by atoms with Gasteiger partial charge >= 0.3 is 0 Å². The molecular formula is C24H20N4. The summed E-state index contributed by atoms with van der Waals surface area (Å²) in [6, 6.07) is 21.0. The molecule has 2 heterocycles. The molecule has 0 saturated carbocycles. The third kappa shape index (κ3) is 2.66. The highest BCUT2D eigenvalue weighted by molar-refractivity contribution is 6.01. The molecule has 28 heavy (non-hydrogen) atoms. The molecule has 0 amide bonds. The van der Waals surface area contributed by atoms with Crippen LogP contribution >= 0.6 is 0 Å². The number of hydrogen-bond donors (Lipinski definition) is 1. The number of hydrogen-bond acceptors (Lipinski definition) is 3. The van der Waals surface area contributed by atoms with Gasteiger partial charge in [-0.25, -0.2) is 9.50 Å². The highest BCUT2D eigenvalue weighted by Crippen LogP contribution is 2.33. The first kappa shape index (κ1) is 16.7. The predicted octanol–water partition coefficient (Wildman–Crippen LogP) is 4.98. The van der Waals surface area contributed by atoms with Crippen molar-refractivity contribution in [1.29, 1.82) is 0 Å². The summed E-state index contributed by atoms with van der Waals surface area (Å²) >= 11 is 0. The van der Waals surface area contributed by atoms with Gasteiger partial charge in [0, 0.05) is 30.1 Å². The van der Waals surface area contributed by atoms with Crippen LogP contribution in [-0.2, 0) is 6.54 Å². The van der Waals surface area contributed by atoms with Crippen LogP contribution in [0, 0.1) is 6.92 Å². The van der Waals surface area contributed by atoms with Crippen molar-refractivity contribution in [2.24, 2.45) is 5.73 Å². The molecule has 0 atom stereocenters. The predicted molar refractivity (Wildman–Crippen MR) is 114 cm³/mol. The van der Waals surface area contributed by atoms with Crippen LogP contribution in [0.5, 0.6) is 0 Å². The smallest absolute Gasteiger partial charge is 0.162 e. The van der Waals surface area contributed by atoms with Crippen molar-refractivity contribution in [3.8, 4) is 22.3 Å². The lowest BCUT2D eigenvalue weighted by Crippen LogP contribution is -1.98. The zero-order valence-corrected chi connectivity index (χ0v) is 15.6. The minimum Gasteiger partial charge on any atom is -0.326 e. The number of nitrogens with two attached hydrogens (primary N) is 1. The number of rotatable bonds is 3. The molecule has 0 fully saturated rings. The second-order valence-corrected chi connectivity index (χ2v) is 7.06. The van der Waals surface area contributed by atoms with E-state index in [9.17, 15) is 0 Å². The highest BCUT2D eigenvalue weighted by Gasteiger charge is 2.13. The van der Waals surface area contributed by atoms with Crippen LogP contribution in [0.3, 0.4) is 0 Å². The van der Waals surface area contributed by atoms with E-state index in [0.29, 0.717) is 6.54 Å². The SMILES string of the molecule is Cc1ccc(-c2cnc3c(-c4ccc(CN)c5ccccc45)cnn3c2)cc1. The first-order valence-electron chi connectivity index (χ1n) is 9.36. The van der Waals surface area contributed by atoms with E-state index >= 15 is 0 Å². The molecule has 5 rings (SSSR count). The first-order valence-corrected chi connectivity index (χ1v) is 9.36. The molecule has 0 saturated heterocycles. The summed E-state index contributed by atoms with van der Waals surface area (Å²) in [5.41, 5.74) is 13.5. The van der Waals surface area contributed by atoms with Crippen LogP contribution in [-0.4, -0.2) is 14.6 Å². The van der Waals surface area contributed by atoms with Crippen molar-refractivity contribution in [2.45, 2.75) is 13.5 Å². The second-order valence-electron chi connectivity index (χ2n) is 7.06. The Morgan fingerprint density at radius 3 is 2.39 bits per heavy atom. The molecule has 0 radical (unpaired) electrons. The maximum atomic E-state index is 5.93. The zero-order valence-electron chi connectivity index (χ0n) is 15.6. The van der Waals surface area contributed by atoms with Crippen molar-refractivity contribution >= 4 is 16.4 Å². The fourth-order valence-electron chi connectivity index (χ4n) is 3.73. The van der Waals surface area contributed by atoms with Crippen molar-refractivity contribution in [3.63, 3.8) is 0 Å². The van der Waals surface area contributed by atoms with Crippen LogP contribution in [0.1, 0.15) is 11.1 Å². The Bertz CT molecular complexity index is 1300.